The Bertz CT molecular complexity index is 288. The van der Waals surface area contributed by atoms with Gasteiger partial charge >= 0.3 is 11.9 Å². The third-order valence-corrected chi connectivity index (χ3v) is 3.09. The van der Waals surface area contributed by atoms with Crippen molar-refractivity contribution in [2.45, 2.75) is 52.9 Å². The highest BCUT2D eigenvalue weighted by Gasteiger charge is 2.47. The smallest absolute Gasteiger partial charge is 0.323 e. The number of hydrogen-bond acceptors (Lipinski definition) is 4. The lowest BCUT2D eigenvalue weighted by atomic mass is 9.76. The van der Waals surface area contributed by atoms with E-state index >= 15 is 0 Å². The molecule has 5 heteroatoms. The van der Waals surface area contributed by atoms with E-state index in [2.05, 4.69) is 0 Å². The topological polar surface area (TPSA) is 83.8 Å². The lowest BCUT2D eigenvalue weighted by Gasteiger charge is -2.28. The third kappa shape index (κ3) is 5.59. The van der Waals surface area contributed by atoms with E-state index in [0.29, 0.717) is 19.3 Å². The van der Waals surface area contributed by atoms with Crippen LogP contribution in [-0.2, 0) is 14.3 Å². The molecule has 0 bridgehead atoms. The molecule has 1 atom stereocenters. The Morgan fingerprint density at radius 1 is 1.21 bits per heavy atom. The molecule has 0 aromatic heterocycles. The first-order valence-corrected chi connectivity index (χ1v) is 6.92. The maximum absolute atomic E-state index is 12.1. The van der Waals surface area contributed by atoms with Gasteiger partial charge in [-0.25, -0.2) is 0 Å². The van der Waals surface area contributed by atoms with Crippen molar-refractivity contribution in [2.24, 2.45) is 11.3 Å². The average Bonchev–Trinajstić information content (AvgIpc) is 2.32. The molecule has 0 aromatic rings. The van der Waals surface area contributed by atoms with E-state index in [4.69, 9.17) is 9.84 Å². The van der Waals surface area contributed by atoms with Gasteiger partial charge in [0, 0.05) is 6.61 Å². The molecule has 112 valence electrons. The summed E-state index contributed by atoms with van der Waals surface area (Å²) in [6, 6.07) is 0. The number of carbonyl (C=O) groups is 2. The predicted molar refractivity (Wildman–Crippen MR) is 71.7 cm³/mol. The molecule has 0 saturated carbocycles. The van der Waals surface area contributed by atoms with Gasteiger partial charge in [0.15, 0.2) is 5.41 Å². The second-order valence-corrected chi connectivity index (χ2v) is 5.24. The monoisotopic (exact) mass is 274 g/mol. The van der Waals surface area contributed by atoms with Crippen molar-refractivity contribution in [1.29, 1.82) is 0 Å². The minimum absolute atomic E-state index is 0.0870. The summed E-state index contributed by atoms with van der Waals surface area (Å²) in [4.78, 5) is 23.6. The quantitative estimate of drug-likeness (QED) is 0.362. The van der Waals surface area contributed by atoms with Crippen LogP contribution in [0.5, 0.6) is 0 Å². The van der Waals surface area contributed by atoms with Gasteiger partial charge in [-0.05, 0) is 32.1 Å². The second-order valence-electron chi connectivity index (χ2n) is 5.24. The minimum Gasteiger partial charge on any atom is -0.480 e. The van der Waals surface area contributed by atoms with Crippen molar-refractivity contribution in [3.05, 3.63) is 0 Å². The van der Waals surface area contributed by atoms with Crippen LogP contribution in [0.3, 0.4) is 0 Å². The van der Waals surface area contributed by atoms with Crippen LogP contribution in [0.2, 0.25) is 0 Å². The molecule has 0 fully saturated rings. The van der Waals surface area contributed by atoms with Crippen LogP contribution in [0.25, 0.3) is 0 Å². The number of rotatable bonds is 10. The molecule has 0 spiro atoms. The average molecular weight is 274 g/mol. The number of carbonyl (C=O) groups excluding carboxylic acids is 1. The summed E-state index contributed by atoms with van der Waals surface area (Å²) >= 11 is 0. The highest BCUT2D eigenvalue weighted by Crippen LogP contribution is 2.34. The van der Waals surface area contributed by atoms with Gasteiger partial charge in [-0.1, -0.05) is 26.7 Å². The molecule has 0 amide bonds. The molecule has 0 heterocycles. The summed E-state index contributed by atoms with van der Waals surface area (Å²) in [5.41, 5.74) is -1.44. The lowest BCUT2D eigenvalue weighted by molar-refractivity contribution is -0.170. The molecule has 0 aliphatic heterocycles. The fourth-order valence-electron chi connectivity index (χ4n) is 2.25. The SMILES string of the molecule is CCOC(=O)C(CCCCCO)(CC(C)C)C(=O)O. The molecular weight excluding hydrogens is 248 g/mol. The highest BCUT2D eigenvalue weighted by atomic mass is 16.5. The predicted octanol–water partition coefficient (Wildman–Crippen LogP) is 2.22. The molecule has 5 nitrogen and oxygen atoms in total. The molecule has 0 aliphatic carbocycles. The van der Waals surface area contributed by atoms with Crippen molar-refractivity contribution in [2.75, 3.05) is 13.2 Å². The number of aliphatic hydroxyl groups is 1. The van der Waals surface area contributed by atoms with Crippen molar-refractivity contribution < 1.29 is 24.5 Å². The van der Waals surface area contributed by atoms with Gasteiger partial charge in [-0.3, -0.25) is 9.59 Å². The molecule has 2 N–H and O–H groups in total. The molecule has 1 unspecified atom stereocenters. The first kappa shape index (κ1) is 17.9. The minimum atomic E-state index is -1.44. The number of ether oxygens (including phenoxy) is 1. The Labute approximate surface area is 115 Å². The van der Waals surface area contributed by atoms with E-state index in [1.165, 1.54) is 0 Å². The van der Waals surface area contributed by atoms with Crippen LogP contribution in [0.15, 0.2) is 0 Å². The number of hydrogen-bond donors (Lipinski definition) is 2. The van der Waals surface area contributed by atoms with E-state index in [-0.39, 0.29) is 32.0 Å². The fraction of sp³-hybridized carbons (Fsp3) is 0.857. The van der Waals surface area contributed by atoms with Crippen LogP contribution in [0, 0.1) is 11.3 Å². The largest absolute Gasteiger partial charge is 0.480 e. The van der Waals surface area contributed by atoms with Gasteiger partial charge in [0.2, 0.25) is 0 Å². The summed E-state index contributed by atoms with van der Waals surface area (Å²) in [5.74, 6) is -1.65. The molecule has 19 heavy (non-hydrogen) atoms. The number of aliphatic hydroxyl groups excluding tert-OH is 1. The lowest BCUT2D eigenvalue weighted by Crippen LogP contribution is -2.42. The number of esters is 1. The molecule has 0 saturated heterocycles. The molecule has 0 radical (unpaired) electrons. The maximum atomic E-state index is 12.1. The number of carboxylic acid groups (broad SMARTS) is 1. The van der Waals surface area contributed by atoms with Crippen LogP contribution in [0.4, 0.5) is 0 Å². The first-order valence-electron chi connectivity index (χ1n) is 6.92. The van der Waals surface area contributed by atoms with Crippen LogP contribution >= 0.6 is 0 Å². The Balaban J connectivity index is 4.92. The van der Waals surface area contributed by atoms with Crippen LogP contribution < -0.4 is 0 Å². The van der Waals surface area contributed by atoms with Gasteiger partial charge in [0.25, 0.3) is 0 Å². The number of unbranched alkanes of at least 4 members (excludes halogenated alkanes) is 2. The number of aliphatic carboxylic acids is 1. The van der Waals surface area contributed by atoms with E-state index in [1.54, 1.807) is 6.92 Å². The van der Waals surface area contributed by atoms with Gasteiger partial charge in [-0.15, -0.1) is 0 Å². The van der Waals surface area contributed by atoms with Gasteiger partial charge in [0.05, 0.1) is 6.61 Å². The van der Waals surface area contributed by atoms with Gasteiger partial charge in [-0.2, -0.15) is 0 Å². The summed E-state index contributed by atoms with van der Waals surface area (Å²) in [6.07, 6.45) is 2.47. The molecule has 0 aromatic carbocycles. The van der Waals surface area contributed by atoms with Gasteiger partial charge in [0.1, 0.15) is 0 Å². The van der Waals surface area contributed by atoms with Crippen LogP contribution in [-0.4, -0.2) is 35.4 Å². The molecule has 0 aliphatic rings. The van der Waals surface area contributed by atoms with Gasteiger partial charge < -0.3 is 14.9 Å². The number of carboxylic acids is 1. The van der Waals surface area contributed by atoms with Crippen LogP contribution in [0.1, 0.15) is 52.9 Å². The summed E-state index contributed by atoms with van der Waals surface area (Å²) < 4.78 is 4.96. The zero-order chi connectivity index (χ0) is 14.9. The standard InChI is InChI=1S/C14H26O5/c1-4-19-13(18)14(12(16)17,10-11(2)3)8-6-5-7-9-15/h11,15H,4-10H2,1-3H3,(H,16,17). The van der Waals surface area contributed by atoms with Crippen molar-refractivity contribution >= 4 is 11.9 Å². The van der Waals surface area contributed by atoms with E-state index in [1.807, 2.05) is 13.8 Å². The highest BCUT2D eigenvalue weighted by molar-refractivity contribution is 5.99. The second kappa shape index (κ2) is 8.91. The summed E-state index contributed by atoms with van der Waals surface area (Å²) in [5, 5.41) is 18.2. The fourth-order valence-corrected chi connectivity index (χ4v) is 2.25. The molecular formula is C14H26O5. The van der Waals surface area contributed by atoms with Crippen molar-refractivity contribution in [1.82, 2.24) is 0 Å². The van der Waals surface area contributed by atoms with E-state index in [9.17, 15) is 14.7 Å². The normalized spacial score (nSPS) is 14.2. The van der Waals surface area contributed by atoms with Crippen molar-refractivity contribution in [3.63, 3.8) is 0 Å². The third-order valence-electron chi connectivity index (χ3n) is 3.09. The Morgan fingerprint density at radius 3 is 2.26 bits per heavy atom. The maximum Gasteiger partial charge on any atom is 0.323 e. The zero-order valence-electron chi connectivity index (χ0n) is 12.1. The van der Waals surface area contributed by atoms with E-state index < -0.39 is 17.4 Å². The summed E-state index contributed by atoms with van der Waals surface area (Å²) in [6.45, 7) is 5.73. The van der Waals surface area contributed by atoms with Crippen molar-refractivity contribution in [3.8, 4) is 0 Å². The molecule has 0 rings (SSSR count). The Kier molecular flexibility index (Phi) is 8.39. The first-order chi connectivity index (χ1) is 8.90. The Morgan fingerprint density at radius 2 is 1.84 bits per heavy atom. The van der Waals surface area contributed by atoms with E-state index in [0.717, 1.165) is 0 Å². The summed E-state index contributed by atoms with van der Waals surface area (Å²) in [7, 11) is 0. The Hall–Kier alpha value is -1.10. The zero-order valence-corrected chi connectivity index (χ0v) is 12.1.